The second-order valence-corrected chi connectivity index (χ2v) is 7.87. The zero-order valence-corrected chi connectivity index (χ0v) is 14.3. The topological polar surface area (TPSA) is 89.3 Å². The summed E-state index contributed by atoms with van der Waals surface area (Å²) in [4.78, 5) is 12.5. The number of carbonyl (C=O) groups is 1. The Kier molecular flexibility index (Phi) is 6.56. The van der Waals surface area contributed by atoms with Crippen LogP contribution in [0, 0.1) is 0 Å². The lowest BCUT2D eigenvalue weighted by molar-refractivity contribution is -0.126. The molecule has 1 amide bonds. The lowest BCUT2D eigenvalue weighted by Crippen LogP contribution is -2.55. The fraction of sp³-hybridized carbons (Fsp3) is 0.562. The van der Waals surface area contributed by atoms with Gasteiger partial charge in [0.1, 0.15) is 0 Å². The molecule has 0 aromatic heterocycles. The van der Waals surface area contributed by atoms with E-state index in [1.807, 2.05) is 13.8 Å². The first-order valence-corrected chi connectivity index (χ1v) is 9.25. The number of hydrogen-bond acceptors (Lipinski definition) is 4. The molecule has 1 rings (SSSR count). The molecule has 2 atom stereocenters. The third-order valence-corrected chi connectivity index (χ3v) is 5.47. The summed E-state index contributed by atoms with van der Waals surface area (Å²) >= 11 is 0. The summed E-state index contributed by atoms with van der Waals surface area (Å²) in [5, 5.41) is 2.77. The second-order valence-electron chi connectivity index (χ2n) is 5.84. The van der Waals surface area contributed by atoms with Crippen molar-refractivity contribution in [1.29, 1.82) is 0 Å². The van der Waals surface area contributed by atoms with Crippen LogP contribution in [-0.2, 0) is 14.6 Å². The Balaban J connectivity index is 2.80. The van der Waals surface area contributed by atoms with Gasteiger partial charge in [-0.3, -0.25) is 4.79 Å². The van der Waals surface area contributed by atoms with Crippen LogP contribution in [0.2, 0.25) is 0 Å². The van der Waals surface area contributed by atoms with E-state index in [-0.39, 0.29) is 16.6 Å². The van der Waals surface area contributed by atoms with Gasteiger partial charge in [-0.05, 0) is 31.9 Å². The van der Waals surface area contributed by atoms with Crippen molar-refractivity contribution in [1.82, 2.24) is 5.32 Å². The van der Waals surface area contributed by atoms with Crippen molar-refractivity contribution in [3.63, 3.8) is 0 Å². The van der Waals surface area contributed by atoms with Crippen LogP contribution >= 0.6 is 0 Å². The number of benzene rings is 1. The minimum atomic E-state index is -3.43. The highest BCUT2D eigenvalue weighted by atomic mass is 32.2. The van der Waals surface area contributed by atoms with Crippen LogP contribution in [0.15, 0.2) is 35.2 Å². The van der Waals surface area contributed by atoms with E-state index in [1.165, 1.54) is 0 Å². The van der Waals surface area contributed by atoms with E-state index < -0.39 is 21.4 Å². The Bertz CT molecular complexity index is 583. The average Bonchev–Trinajstić information content (AvgIpc) is 2.47. The Morgan fingerprint density at radius 1 is 1.27 bits per heavy atom. The molecule has 3 N–H and O–H groups in total. The maximum atomic E-state index is 12.4. The predicted octanol–water partition coefficient (Wildman–Crippen LogP) is 1.87. The summed E-state index contributed by atoms with van der Waals surface area (Å²) in [5.41, 5.74) is 5.01. The summed E-state index contributed by atoms with van der Waals surface area (Å²) in [7, 11) is -3.43. The molecule has 1 aromatic rings. The molecule has 22 heavy (non-hydrogen) atoms. The Labute approximate surface area is 133 Å². The van der Waals surface area contributed by atoms with Crippen molar-refractivity contribution >= 4 is 15.7 Å². The predicted molar refractivity (Wildman–Crippen MR) is 88.2 cm³/mol. The highest BCUT2D eigenvalue weighted by Crippen LogP contribution is 2.14. The van der Waals surface area contributed by atoms with Gasteiger partial charge in [0.05, 0.1) is 16.2 Å². The molecule has 0 heterocycles. The molecule has 6 heteroatoms. The molecule has 0 aliphatic carbocycles. The molecule has 0 radical (unpaired) electrons. The van der Waals surface area contributed by atoms with Crippen LogP contribution in [0.5, 0.6) is 0 Å². The van der Waals surface area contributed by atoms with Crippen LogP contribution in [0.3, 0.4) is 0 Å². The van der Waals surface area contributed by atoms with Crippen molar-refractivity contribution in [2.24, 2.45) is 5.73 Å². The van der Waals surface area contributed by atoms with Crippen LogP contribution in [0.4, 0.5) is 0 Å². The Hall–Kier alpha value is -1.40. The Morgan fingerprint density at radius 3 is 2.36 bits per heavy atom. The van der Waals surface area contributed by atoms with E-state index in [9.17, 15) is 13.2 Å². The summed E-state index contributed by atoms with van der Waals surface area (Å²) < 4.78 is 24.8. The first-order valence-electron chi connectivity index (χ1n) is 7.60. The van der Waals surface area contributed by atoms with Gasteiger partial charge in [0.15, 0.2) is 9.84 Å². The smallest absolute Gasteiger partial charge is 0.240 e. The second kappa shape index (κ2) is 7.74. The molecule has 5 nitrogen and oxygen atoms in total. The molecule has 0 fully saturated rings. The van der Waals surface area contributed by atoms with E-state index in [1.54, 1.807) is 37.3 Å². The lowest BCUT2D eigenvalue weighted by atomic mass is 9.96. The van der Waals surface area contributed by atoms with Gasteiger partial charge in [-0.1, -0.05) is 38.5 Å². The molecular formula is C16H26N2O3S. The quantitative estimate of drug-likeness (QED) is 0.763. The van der Waals surface area contributed by atoms with Gasteiger partial charge in [0, 0.05) is 6.04 Å². The first-order chi connectivity index (χ1) is 10.2. The van der Waals surface area contributed by atoms with Crippen molar-refractivity contribution < 1.29 is 13.2 Å². The molecule has 0 spiro atoms. The fourth-order valence-corrected chi connectivity index (χ4v) is 3.85. The number of rotatable bonds is 8. The van der Waals surface area contributed by atoms with E-state index >= 15 is 0 Å². The lowest BCUT2D eigenvalue weighted by Gasteiger charge is -2.26. The molecule has 0 aliphatic heterocycles. The normalized spacial score (nSPS) is 15.8. The molecule has 0 bridgehead atoms. The third-order valence-electron chi connectivity index (χ3n) is 3.64. The number of hydrogen-bond donors (Lipinski definition) is 2. The van der Waals surface area contributed by atoms with Gasteiger partial charge >= 0.3 is 0 Å². The minimum absolute atomic E-state index is 0.124. The van der Waals surface area contributed by atoms with Crippen LogP contribution in [0.1, 0.15) is 40.0 Å². The standard InChI is InChI=1S/C16H26N2O3S/c1-4-11-16(3,17)15(19)18-13(5-2)12-22(20,21)14-9-7-6-8-10-14/h6-10,13H,4-5,11-12,17H2,1-3H3,(H,18,19). The van der Waals surface area contributed by atoms with Crippen LogP contribution in [0.25, 0.3) is 0 Å². The number of amides is 1. The van der Waals surface area contributed by atoms with E-state index in [2.05, 4.69) is 5.32 Å². The maximum absolute atomic E-state index is 12.4. The highest BCUT2D eigenvalue weighted by molar-refractivity contribution is 7.91. The summed E-state index contributed by atoms with van der Waals surface area (Å²) in [5.74, 6) is -0.425. The van der Waals surface area contributed by atoms with E-state index in [4.69, 9.17) is 5.73 Å². The summed E-state index contributed by atoms with van der Waals surface area (Å²) in [6.07, 6.45) is 1.88. The molecule has 0 aliphatic rings. The zero-order valence-electron chi connectivity index (χ0n) is 13.5. The van der Waals surface area contributed by atoms with Crippen LogP contribution in [-0.4, -0.2) is 31.7 Å². The minimum Gasteiger partial charge on any atom is -0.351 e. The monoisotopic (exact) mass is 326 g/mol. The first kappa shape index (κ1) is 18.6. The molecular weight excluding hydrogens is 300 g/mol. The maximum Gasteiger partial charge on any atom is 0.240 e. The van der Waals surface area contributed by atoms with Crippen molar-refractivity contribution in [3.05, 3.63) is 30.3 Å². The van der Waals surface area contributed by atoms with E-state index in [0.717, 1.165) is 6.42 Å². The molecule has 0 saturated heterocycles. The van der Waals surface area contributed by atoms with Crippen molar-refractivity contribution in [3.8, 4) is 0 Å². The zero-order chi connectivity index (χ0) is 16.8. The largest absolute Gasteiger partial charge is 0.351 e. The van der Waals surface area contributed by atoms with Crippen LogP contribution < -0.4 is 11.1 Å². The third kappa shape index (κ3) is 5.10. The Morgan fingerprint density at radius 2 is 1.86 bits per heavy atom. The van der Waals surface area contributed by atoms with Crippen molar-refractivity contribution in [2.45, 2.75) is 56.5 Å². The molecule has 1 aromatic carbocycles. The number of nitrogens with one attached hydrogen (secondary N) is 1. The van der Waals surface area contributed by atoms with Gasteiger partial charge < -0.3 is 11.1 Å². The van der Waals surface area contributed by atoms with Crippen molar-refractivity contribution in [2.75, 3.05) is 5.75 Å². The van der Waals surface area contributed by atoms with Gasteiger partial charge in [-0.15, -0.1) is 0 Å². The van der Waals surface area contributed by atoms with Gasteiger partial charge in [0.25, 0.3) is 0 Å². The van der Waals surface area contributed by atoms with Gasteiger partial charge in [-0.25, -0.2) is 8.42 Å². The highest BCUT2D eigenvalue weighted by Gasteiger charge is 2.30. The van der Waals surface area contributed by atoms with Gasteiger partial charge in [0.2, 0.25) is 5.91 Å². The SMILES string of the molecule is CCCC(C)(N)C(=O)NC(CC)CS(=O)(=O)c1ccccc1. The number of sulfone groups is 1. The van der Waals surface area contributed by atoms with Gasteiger partial charge in [-0.2, -0.15) is 0 Å². The average molecular weight is 326 g/mol. The fourth-order valence-electron chi connectivity index (χ4n) is 2.23. The molecule has 0 saturated carbocycles. The molecule has 124 valence electrons. The number of nitrogens with two attached hydrogens (primary N) is 1. The summed E-state index contributed by atoms with van der Waals surface area (Å²) in [6, 6.07) is 7.82. The van der Waals surface area contributed by atoms with E-state index in [0.29, 0.717) is 12.8 Å². The number of carbonyl (C=O) groups excluding carboxylic acids is 1. The molecule has 2 unspecified atom stereocenters. The summed E-state index contributed by atoms with van der Waals surface area (Å²) in [6.45, 7) is 5.47.